The summed E-state index contributed by atoms with van der Waals surface area (Å²) in [6.07, 6.45) is 3.35. The van der Waals surface area contributed by atoms with Crippen molar-refractivity contribution < 1.29 is 19.1 Å². The molecule has 0 N–H and O–H groups in total. The van der Waals surface area contributed by atoms with E-state index in [9.17, 15) is 9.59 Å². The monoisotopic (exact) mass is 226 g/mol. The summed E-state index contributed by atoms with van der Waals surface area (Å²) in [6, 6.07) is 0. The van der Waals surface area contributed by atoms with Crippen LogP contribution in [0.1, 0.15) is 32.6 Å². The van der Waals surface area contributed by atoms with Gasteiger partial charge >= 0.3 is 11.9 Å². The Labute approximate surface area is 95.3 Å². The van der Waals surface area contributed by atoms with E-state index in [2.05, 4.69) is 6.92 Å². The second kappa shape index (κ2) is 3.47. The summed E-state index contributed by atoms with van der Waals surface area (Å²) in [5.74, 6) is -0.366. The normalized spacial score (nSPS) is 34.1. The van der Waals surface area contributed by atoms with Crippen LogP contribution in [0.25, 0.3) is 0 Å². The molecule has 0 spiro atoms. The zero-order chi connectivity index (χ0) is 12.0. The van der Waals surface area contributed by atoms with E-state index in [4.69, 9.17) is 9.47 Å². The molecule has 2 fully saturated rings. The number of esters is 2. The molecule has 0 heterocycles. The molecular formula is C12H18O4. The molecular weight excluding hydrogens is 208 g/mol. The van der Waals surface area contributed by atoms with Gasteiger partial charge in [-0.25, -0.2) is 0 Å². The number of methoxy groups -OCH3 is 2. The molecule has 0 radical (unpaired) electrons. The zero-order valence-electron chi connectivity index (χ0n) is 10.0. The van der Waals surface area contributed by atoms with E-state index in [1.807, 2.05) is 0 Å². The van der Waals surface area contributed by atoms with Crippen LogP contribution in [0.5, 0.6) is 0 Å². The van der Waals surface area contributed by atoms with Gasteiger partial charge in [0, 0.05) is 0 Å². The number of hydrogen-bond donors (Lipinski definition) is 0. The van der Waals surface area contributed by atoms with Gasteiger partial charge in [-0.15, -0.1) is 0 Å². The van der Waals surface area contributed by atoms with Crippen molar-refractivity contribution in [3.8, 4) is 0 Å². The quantitative estimate of drug-likeness (QED) is 0.541. The topological polar surface area (TPSA) is 52.6 Å². The van der Waals surface area contributed by atoms with Crippen molar-refractivity contribution in [2.45, 2.75) is 32.6 Å². The maximum absolute atomic E-state index is 11.8. The third kappa shape index (κ3) is 1.28. The predicted octanol–water partition coefficient (Wildman–Crippen LogP) is 1.53. The van der Waals surface area contributed by atoms with E-state index in [1.165, 1.54) is 14.2 Å². The fraction of sp³-hybridized carbons (Fsp3) is 0.833. The maximum Gasteiger partial charge on any atom is 0.323 e. The summed E-state index contributed by atoms with van der Waals surface area (Å²) in [7, 11) is 2.66. The molecule has 0 aromatic rings. The van der Waals surface area contributed by atoms with Crippen molar-refractivity contribution in [2.24, 2.45) is 16.7 Å². The summed E-state index contributed by atoms with van der Waals surface area (Å²) in [4.78, 5) is 23.7. The molecule has 0 bridgehead atoms. The molecule has 0 saturated heterocycles. The van der Waals surface area contributed by atoms with E-state index < -0.39 is 17.4 Å². The fourth-order valence-corrected chi connectivity index (χ4v) is 3.37. The minimum absolute atomic E-state index is 0.197. The lowest BCUT2D eigenvalue weighted by atomic mass is 9.80. The number of carbonyl (C=O) groups is 2. The van der Waals surface area contributed by atoms with Gasteiger partial charge in [-0.05, 0) is 30.6 Å². The number of rotatable bonds is 3. The van der Waals surface area contributed by atoms with Crippen LogP contribution in [0.4, 0.5) is 0 Å². The van der Waals surface area contributed by atoms with Crippen molar-refractivity contribution in [2.75, 3.05) is 14.2 Å². The Kier molecular flexibility index (Phi) is 2.48. The fourth-order valence-electron chi connectivity index (χ4n) is 3.37. The minimum Gasteiger partial charge on any atom is -0.468 e. The molecule has 4 heteroatoms. The first kappa shape index (κ1) is 11.4. The Balaban J connectivity index is 2.26. The Bertz CT molecular complexity index is 316. The first-order valence-electron chi connectivity index (χ1n) is 5.71. The molecule has 4 nitrogen and oxygen atoms in total. The first-order chi connectivity index (χ1) is 7.54. The highest BCUT2D eigenvalue weighted by atomic mass is 16.5. The van der Waals surface area contributed by atoms with Crippen LogP contribution < -0.4 is 0 Å². The van der Waals surface area contributed by atoms with E-state index in [0.717, 1.165) is 12.8 Å². The first-order valence-corrected chi connectivity index (χ1v) is 5.71. The van der Waals surface area contributed by atoms with Crippen molar-refractivity contribution >= 4 is 11.9 Å². The molecule has 16 heavy (non-hydrogen) atoms. The summed E-state index contributed by atoms with van der Waals surface area (Å²) < 4.78 is 9.56. The number of ether oxygens (including phenoxy) is 2. The minimum atomic E-state index is -1.03. The Morgan fingerprint density at radius 1 is 1.19 bits per heavy atom. The molecule has 2 rings (SSSR count). The lowest BCUT2D eigenvalue weighted by Crippen LogP contribution is -2.40. The number of hydrogen-bond acceptors (Lipinski definition) is 4. The SMILES string of the molecule is CCC12CC1CC(C(=O)OC)(C(=O)OC)C2. The average Bonchev–Trinajstić information content (AvgIpc) is 2.89. The van der Waals surface area contributed by atoms with Crippen LogP contribution in [-0.2, 0) is 19.1 Å². The van der Waals surface area contributed by atoms with Gasteiger partial charge in [0.25, 0.3) is 0 Å². The van der Waals surface area contributed by atoms with Gasteiger partial charge in [-0.3, -0.25) is 9.59 Å². The van der Waals surface area contributed by atoms with Crippen LogP contribution in [0.15, 0.2) is 0 Å². The van der Waals surface area contributed by atoms with Gasteiger partial charge in [-0.2, -0.15) is 0 Å². The van der Waals surface area contributed by atoms with Crippen molar-refractivity contribution in [3.63, 3.8) is 0 Å². The molecule has 2 unspecified atom stereocenters. The van der Waals surface area contributed by atoms with Gasteiger partial charge in [0.1, 0.15) is 0 Å². The molecule has 0 aromatic heterocycles. The van der Waals surface area contributed by atoms with Gasteiger partial charge in [0.15, 0.2) is 5.41 Å². The molecule has 2 aliphatic carbocycles. The highest BCUT2D eigenvalue weighted by molar-refractivity contribution is 6.00. The van der Waals surface area contributed by atoms with E-state index >= 15 is 0 Å². The second-order valence-corrected chi connectivity index (χ2v) is 5.06. The van der Waals surface area contributed by atoms with Crippen LogP contribution in [0, 0.1) is 16.7 Å². The third-order valence-corrected chi connectivity index (χ3v) is 4.46. The van der Waals surface area contributed by atoms with Crippen LogP contribution in [-0.4, -0.2) is 26.2 Å². The molecule has 90 valence electrons. The zero-order valence-corrected chi connectivity index (χ0v) is 10.0. The second-order valence-electron chi connectivity index (χ2n) is 5.06. The molecule has 0 aromatic carbocycles. The molecule has 0 amide bonds. The van der Waals surface area contributed by atoms with E-state index in [1.54, 1.807) is 0 Å². The maximum atomic E-state index is 11.8. The molecule has 2 saturated carbocycles. The van der Waals surface area contributed by atoms with Crippen LogP contribution in [0.2, 0.25) is 0 Å². The van der Waals surface area contributed by atoms with E-state index in [-0.39, 0.29) is 5.41 Å². The standard InChI is InChI=1S/C12H18O4/c1-4-11-5-8(11)6-12(7-11,9(13)15-2)10(14)16-3/h8H,4-7H2,1-3H3. The predicted molar refractivity (Wildman–Crippen MR) is 56.5 cm³/mol. The third-order valence-electron chi connectivity index (χ3n) is 4.46. The Morgan fingerprint density at radius 2 is 1.75 bits per heavy atom. The Hall–Kier alpha value is -1.06. The summed E-state index contributed by atoms with van der Waals surface area (Å²) in [6.45, 7) is 2.12. The van der Waals surface area contributed by atoms with E-state index in [0.29, 0.717) is 18.8 Å². The highest BCUT2D eigenvalue weighted by Gasteiger charge is 2.70. The molecule has 0 aliphatic heterocycles. The largest absolute Gasteiger partial charge is 0.468 e. The molecule has 2 aliphatic rings. The van der Waals surface area contributed by atoms with Crippen molar-refractivity contribution in [3.05, 3.63) is 0 Å². The molecule has 2 atom stereocenters. The summed E-state index contributed by atoms with van der Waals surface area (Å²) in [5, 5.41) is 0. The van der Waals surface area contributed by atoms with Crippen LogP contribution >= 0.6 is 0 Å². The smallest absolute Gasteiger partial charge is 0.323 e. The summed E-state index contributed by atoms with van der Waals surface area (Å²) >= 11 is 0. The highest BCUT2D eigenvalue weighted by Crippen LogP contribution is 2.71. The van der Waals surface area contributed by atoms with Gasteiger partial charge in [-0.1, -0.05) is 13.3 Å². The average molecular weight is 226 g/mol. The van der Waals surface area contributed by atoms with Crippen molar-refractivity contribution in [1.82, 2.24) is 0 Å². The van der Waals surface area contributed by atoms with Crippen molar-refractivity contribution in [1.29, 1.82) is 0 Å². The Morgan fingerprint density at radius 3 is 2.12 bits per heavy atom. The van der Waals surface area contributed by atoms with Crippen LogP contribution in [0.3, 0.4) is 0 Å². The summed E-state index contributed by atoms with van der Waals surface area (Å²) in [5.41, 5.74) is -0.829. The number of fused-ring (bicyclic) bond motifs is 1. The lowest BCUT2D eigenvalue weighted by molar-refractivity contribution is -0.170. The van der Waals surface area contributed by atoms with Gasteiger partial charge in [0.2, 0.25) is 0 Å². The number of carbonyl (C=O) groups excluding carboxylic acids is 2. The van der Waals surface area contributed by atoms with Gasteiger partial charge < -0.3 is 9.47 Å². The van der Waals surface area contributed by atoms with Gasteiger partial charge in [0.05, 0.1) is 14.2 Å². The lowest BCUT2D eigenvalue weighted by Gasteiger charge is -2.26.